The summed E-state index contributed by atoms with van der Waals surface area (Å²) in [7, 11) is 1.27. The fourth-order valence-electron chi connectivity index (χ4n) is 0.954. The molecule has 0 aromatic carbocycles. The van der Waals surface area contributed by atoms with E-state index in [2.05, 4.69) is 4.74 Å². The lowest BCUT2D eigenvalue weighted by Crippen LogP contribution is -2.07. The quantitative estimate of drug-likeness (QED) is 0.487. The van der Waals surface area contributed by atoms with Gasteiger partial charge in [0.1, 0.15) is 6.42 Å². The third-order valence-corrected chi connectivity index (χ3v) is 3.29. The summed E-state index contributed by atoms with van der Waals surface area (Å²) in [5.41, 5.74) is 0. The van der Waals surface area contributed by atoms with Crippen LogP contribution in [0.15, 0.2) is 40.4 Å². The van der Waals surface area contributed by atoms with Gasteiger partial charge in [0, 0.05) is 0 Å². The molecular formula is C12H12O3S2. The van der Waals surface area contributed by atoms with Crippen molar-refractivity contribution in [2.24, 2.45) is 0 Å². The predicted molar refractivity (Wildman–Crippen MR) is 69.6 cm³/mol. The van der Waals surface area contributed by atoms with Gasteiger partial charge in [-0.05, 0) is 22.2 Å². The van der Waals surface area contributed by atoms with Gasteiger partial charge >= 0.3 is 5.97 Å². The summed E-state index contributed by atoms with van der Waals surface area (Å²) in [6.45, 7) is 0. The fourth-order valence-corrected chi connectivity index (χ4v) is 2.07. The van der Waals surface area contributed by atoms with Crippen LogP contribution in [0.3, 0.4) is 0 Å². The van der Waals surface area contributed by atoms with Gasteiger partial charge in [-0.2, -0.15) is 11.3 Å². The third kappa shape index (κ3) is 5.42. The molecule has 0 N–H and O–H groups in total. The molecule has 90 valence electrons. The number of carbonyl (C=O) groups is 2. The molecule has 2 heterocycles. The van der Waals surface area contributed by atoms with Crippen LogP contribution in [-0.4, -0.2) is 18.9 Å². The Balaban J connectivity index is 0.000000239. The lowest BCUT2D eigenvalue weighted by atomic mass is 10.2. The lowest BCUT2D eigenvalue weighted by Gasteiger charge is -1.95. The van der Waals surface area contributed by atoms with E-state index in [1.54, 1.807) is 28.8 Å². The molecule has 0 saturated heterocycles. The van der Waals surface area contributed by atoms with Crippen molar-refractivity contribution in [3.05, 3.63) is 45.3 Å². The molecule has 0 bridgehead atoms. The second-order valence-electron chi connectivity index (χ2n) is 2.95. The number of carbonyl (C=O) groups excluding carboxylic acids is 2. The van der Waals surface area contributed by atoms with Crippen molar-refractivity contribution in [3.8, 4) is 0 Å². The molecule has 2 aromatic heterocycles. The van der Waals surface area contributed by atoms with E-state index in [-0.39, 0.29) is 12.2 Å². The van der Waals surface area contributed by atoms with Crippen molar-refractivity contribution in [1.29, 1.82) is 0 Å². The zero-order valence-corrected chi connectivity index (χ0v) is 10.9. The number of hydrogen-bond acceptors (Lipinski definition) is 5. The van der Waals surface area contributed by atoms with E-state index in [0.29, 0.717) is 4.88 Å². The molecule has 0 radical (unpaired) electrons. The van der Waals surface area contributed by atoms with Crippen molar-refractivity contribution in [2.45, 2.75) is 6.42 Å². The number of methoxy groups -OCH3 is 1. The summed E-state index contributed by atoms with van der Waals surface area (Å²) in [6.07, 6.45) is -0.170. The standard InChI is InChI=1S/C8H8O3S.C4H4S/c1-11-8(10)5-6(9)7-3-2-4-12-7;1-2-4-5-3-1/h2-4H,5H2,1H3;1-4H. The maximum atomic E-state index is 11.2. The summed E-state index contributed by atoms with van der Waals surface area (Å²) in [5, 5.41) is 5.88. The maximum absolute atomic E-state index is 11.2. The number of ether oxygens (including phenoxy) is 1. The van der Waals surface area contributed by atoms with Gasteiger partial charge in [-0.15, -0.1) is 11.3 Å². The van der Waals surface area contributed by atoms with Crippen LogP contribution in [0.5, 0.6) is 0 Å². The Morgan fingerprint density at radius 3 is 2.29 bits per heavy atom. The van der Waals surface area contributed by atoms with Gasteiger partial charge in [-0.25, -0.2) is 0 Å². The summed E-state index contributed by atoms with van der Waals surface area (Å²) >= 11 is 3.04. The second kappa shape index (κ2) is 7.76. The average molecular weight is 268 g/mol. The molecule has 0 atom stereocenters. The number of ketones is 1. The molecule has 17 heavy (non-hydrogen) atoms. The van der Waals surface area contributed by atoms with E-state index in [0.717, 1.165) is 0 Å². The highest BCUT2D eigenvalue weighted by Crippen LogP contribution is 2.11. The molecule has 5 heteroatoms. The summed E-state index contributed by atoms with van der Waals surface area (Å²) < 4.78 is 4.36. The van der Waals surface area contributed by atoms with Crippen LogP contribution in [0.1, 0.15) is 16.1 Å². The van der Waals surface area contributed by atoms with Gasteiger partial charge in [0.15, 0.2) is 5.78 Å². The Hall–Kier alpha value is -1.46. The van der Waals surface area contributed by atoms with Gasteiger partial charge in [0.25, 0.3) is 0 Å². The first-order valence-electron chi connectivity index (χ1n) is 4.84. The van der Waals surface area contributed by atoms with E-state index in [1.165, 1.54) is 18.4 Å². The van der Waals surface area contributed by atoms with E-state index < -0.39 is 5.97 Å². The van der Waals surface area contributed by atoms with Crippen LogP contribution in [0.2, 0.25) is 0 Å². The first-order chi connectivity index (χ1) is 8.24. The normalized spacial score (nSPS) is 9.00. The topological polar surface area (TPSA) is 43.4 Å². The molecule has 0 fully saturated rings. The fraction of sp³-hybridized carbons (Fsp3) is 0.167. The molecule has 2 aromatic rings. The minimum absolute atomic E-state index is 0.170. The van der Waals surface area contributed by atoms with Crippen LogP contribution in [-0.2, 0) is 9.53 Å². The van der Waals surface area contributed by atoms with Gasteiger partial charge < -0.3 is 4.74 Å². The summed E-state index contributed by atoms with van der Waals surface area (Å²) in [4.78, 5) is 22.5. The van der Waals surface area contributed by atoms with Crippen LogP contribution < -0.4 is 0 Å². The summed E-state index contributed by atoms with van der Waals surface area (Å²) in [6, 6.07) is 7.50. The van der Waals surface area contributed by atoms with Gasteiger partial charge in [0.2, 0.25) is 0 Å². The average Bonchev–Trinajstić information content (AvgIpc) is 3.04. The first kappa shape index (κ1) is 13.6. The minimum Gasteiger partial charge on any atom is -0.469 e. The molecule has 0 saturated carbocycles. The molecule has 0 aliphatic heterocycles. The first-order valence-corrected chi connectivity index (χ1v) is 6.67. The molecule has 3 nitrogen and oxygen atoms in total. The number of rotatable bonds is 3. The molecule has 0 unspecified atom stereocenters. The SMILES string of the molecule is COC(=O)CC(=O)c1cccs1.c1ccsc1. The molecule has 0 aliphatic carbocycles. The summed E-state index contributed by atoms with van der Waals surface area (Å²) in [5.74, 6) is -0.676. The van der Waals surface area contributed by atoms with Gasteiger partial charge in [0.05, 0.1) is 12.0 Å². The Bertz CT molecular complexity index is 415. The van der Waals surface area contributed by atoms with Crippen LogP contribution in [0.25, 0.3) is 0 Å². The van der Waals surface area contributed by atoms with E-state index in [1.807, 2.05) is 22.9 Å². The van der Waals surface area contributed by atoms with Crippen molar-refractivity contribution >= 4 is 34.4 Å². The van der Waals surface area contributed by atoms with Crippen molar-refractivity contribution in [2.75, 3.05) is 7.11 Å². The molecular weight excluding hydrogens is 256 g/mol. The van der Waals surface area contributed by atoms with Crippen molar-refractivity contribution < 1.29 is 14.3 Å². The Labute approximate surface area is 108 Å². The maximum Gasteiger partial charge on any atom is 0.313 e. The zero-order valence-electron chi connectivity index (χ0n) is 9.29. The predicted octanol–water partition coefficient (Wildman–Crippen LogP) is 3.24. The van der Waals surface area contributed by atoms with E-state index in [4.69, 9.17) is 0 Å². The van der Waals surface area contributed by atoms with E-state index in [9.17, 15) is 9.59 Å². The second-order valence-corrected chi connectivity index (χ2v) is 4.71. The smallest absolute Gasteiger partial charge is 0.313 e. The Morgan fingerprint density at radius 1 is 1.18 bits per heavy atom. The number of hydrogen-bond donors (Lipinski definition) is 0. The highest BCUT2D eigenvalue weighted by molar-refractivity contribution is 7.12. The zero-order chi connectivity index (χ0) is 12.5. The molecule has 0 aliphatic rings. The van der Waals surface area contributed by atoms with Crippen molar-refractivity contribution in [3.63, 3.8) is 0 Å². The third-order valence-electron chi connectivity index (χ3n) is 1.75. The van der Waals surface area contributed by atoms with Crippen LogP contribution in [0, 0.1) is 0 Å². The van der Waals surface area contributed by atoms with Crippen LogP contribution >= 0.6 is 22.7 Å². The van der Waals surface area contributed by atoms with Gasteiger partial charge in [-0.1, -0.05) is 18.2 Å². The van der Waals surface area contributed by atoms with Gasteiger partial charge in [-0.3, -0.25) is 9.59 Å². The number of thiophene rings is 2. The number of esters is 1. The molecule has 2 rings (SSSR count). The Kier molecular flexibility index (Phi) is 6.21. The molecule has 0 spiro atoms. The van der Waals surface area contributed by atoms with Crippen LogP contribution in [0.4, 0.5) is 0 Å². The monoisotopic (exact) mass is 268 g/mol. The molecule has 0 amide bonds. The highest BCUT2D eigenvalue weighted by atomic mass is 32.1. The number of Topliss-reactive ketones (excluding diaryl/α,β-unsaturated/α-hetero) is 1. The largest absolute Gasteiger partial charge is 0.469 e. The highest BCUT2D eigenvalue weighted by Gasteiger charge is 2.11. The van der Waals surface area contributed by atoms with Crippen molar-refractivity contribution in [1.82, 2.24) is 0 Å². The Morgan fingerprint density at radius 2 is 1.88 bits per heavy atom. The lowest BCUT2D eigenvalue weighted by molar-refractivity contribution is -0.139. The minimum atomic E-state index is -0.492. The van der Waals surface area contributed by atoms with E-state index >= 15 is 0 Å².